The second-order valence-electron chi connectivity index (χ2n) is 5.37. The second-order valence-corrected chi connectivity index (χ2v) is 5.37. The van der Waals surface area contributed by atoms with Gasteiger partial charge in [0.1, 0.15) is 0 Å². The Bertz CT molecular complexity index is 916. The van der Waals surface area contributed by atoms with Crippen LogP contribution in [0.3, 0.4) is 0 Å². The van der Waals surface area contributed by atoms with Crippen LogP contribution in [0.4, 0.5) is 0 Å². The average Bonchev–Trinajstić information content (AvgIpc) is 2.82. The molecule has 0 aromatic heterocycles. The summed E-state index contributed by atoms with van der Waals surface area (Å²) in [6, 6.07) is 27.3. The molecule has 0 N–H and O–H groups in total. The lowest BCUT2D eigenvalue weighted by molar-refractivity contribution is 1.72. The van der Waals surface area contributed by atoms with Crippen molar-refractivity contribution in [1.29, 1.82) is 0 Å². The van der Waals surface area contributed by atoms with E-state index in [1.165, 1.54) is 43.8 Å². The van der Waals surface area contributed by atoms with E-state index in [9.17, 15) is 0 Å². The van der Waals surface area contributed by atoms with Gasteiger partial charge in [0, 0.05) is 0 Å². The van der Waals surface area contributed by atoms with Crippen molar-refractivity contribution < 1.29 is 0 Å². The van der Waals surface area contributed by atoms with Gasteiger partial charge in [-0.2, -0.15) is 0 Å². The van der Waals surface area contributed by atoms with Gasteiger partial charge in [-0.15, -0.1) is 0 Å². The van der Waals surface area contributed by atoms with Crippen LogP contribution < -0.4 is 0 Å². The van der Waals surface area contributed by atoms with Crippen molar-refractivity contribution in [2.75, 3.05) is 0 Å². The summed E-state index contributed by atoms with van der Waals surface area (Å²) in [6.45, 7) is 0. The molecule has 1 radical (unpaired) electrons. The summed E-state index contributed by atoms with van der Waals surface area (Å²) in [5.74, 6) is 0. The maximum Gasteiger partial charge on any atom is -0.00139 e. The van der Waals surface area contributed by atoms with Gasteiger partial charge >= 0.3 is 0 Å². The van der Waals surface area contributed by atoms with Crippen molar-refractivity contribution in [3.05, 3.63) is 72.8 Å². The number of fused-ring (bicyclic) bond motifs is 4. The highest BCUT2D eigenvalue weighted by molar-refractivity contribution is 6.17. The first-order valence-electron chi connectivity index (χ1n) is 6.89. The quantitative estimate of drug-likeness (QED) is 0.344. The molecule has 0 unspecified atom stereocenters. The van der Waals surface area contributed by atoms with Crippen molar-refractivity contribution in [3.63, 3.8) is 0 Å². The minimum absolute atomic E-state index is 1.25. The van der Waals surface area contributed by atoms with Crippen molar-refractivity contribution in [2.45, 2.75) is 0 Å². The van der Waals surface area contributed by atoms with E-state index in [0.717, 1.165) is 0 Å². The molecule has 0 atom stereocenters. The second kappa shape index (κ2) is 3.49. The molecule has 0 saturated heterocycles. The van der Waals surface area contributed by atoms with E-state index in [-0.39, 0.29) is 0 Å². The lowest BCUT2D eigenvalue weighted by Crippen LogP contribution is -1.78. The average molecular weight is 251 g/mol. The Morgan fingerprint density at radius 2 is 1.35 bits per heavy atom. The maximum atomic E-state index is 3.43. The van der Waals surface area contributed by atoms with E-state index in [1.54, 1.807) is 0 Å². The third-order valence-corrected chi connectivity index (χ3v) is 4.28. The highest BCUT2D eigenvalue weighted by Crippen LogP contribution is 2.47. The Morgan fingerprint density at radius 3 is 2.20 bits per heavy atom. The molecule has 0 saturated carbocycles. The summed E-state index contributed by atoms with van der Waals surface area (Å²) in [4.78, 5) is 0. The normalized spacial score (nSPS) is 12.0. The molecule has 0 spiro atoms. The monoisotopic (exact) mass is 251 g/mol. The zero-order chi connectivity index (χ0) is 13.1. The molecule has 0 amide bonds. The van der Waals surface area contributed by atoms with Gasteiger partial charge in [0.25, 0.3) is 0 Å². The first-order chi connectivity index (χ1) is 9.92. The number of hydrogen-bond donors (Lipinski definition) is 0. The van der Waals surface area contributed by atoms with Gasteiger partial charge in [-0.25, -0.2) is 0 Å². The van der Waals surface area contributed by atoms with E-state index in [2.05, 4.69) is 66.7 Å². The highest BCUT2D eigenvalue weighted by atomic mass is 14.2. The largest absolute Gasteiger partial charge is 0.0616 e. The van der Waals surface area contributed by atoms with Crippen LogP contribution in [0.5, 0.6) is 0 Å². The summed E-state index contributed by atoms with van der Waals surface area (Å²) in [5, 5.41) is 5.25. The molecule has 0 nitrogen and oxygen atoms in total. The fourth-order valence-corrected chi connectivity index (χ4v) is 3.38. The van der Waals surface area contributed by atoms with Crippen molar-refractivity contribution in [3.8, 4) is 22.3 Å². The summed E-state index contributed by atoms with van der Waals surface area (Å²) in [5.41, 5.74) is 5.25. The fraction of sp³-hybridized carbons (Fsp3) is 0. The third-order valence-electron chi connectivity index (χ3n) is 4.28. The molecule has 1 aliphatic rings. The lowest BCUT2D eigenvalue weighted by Gasteiger charge is -2.04. The SMILES string of the molecule is [c]1ccc2cccc3c2c1-c1cc2ccccc2cc1-3. The molecule has 0 heteroatoms. The van der Waals surface area contributed by atoms with Gasteiger partial charge in [-0.1, -0.05) is 54.6 Å². The summed E-state index contributed by atoms with van der Waals surface area (Å²) in [7, 11) is 0. The Kier molecular flexibility index (Phi) is 1.78. The predicted molar refractivity (Wildman–Crippen MR) is 84.7 cm³/mol. The Hall–Kier alpha value is -2.60. The molecular weight excluding hydrogens is 240 g/mol. The van der Waals surface area contributed by atoms with Gasteiger partial charge in [0.2, 0.25) is 0 Å². The van der Waals surface area contributed by atoms with Crippen LogP contribution in [0.15, 0.2) is 66.7 Å². The summed E-state index contributed by atoms with van der Waals surface area (Å²) in [6.07, 6.45) is 0. The van der Waals surface area contributed by atoms with Crippen molar-refractivity contribution in [2.24, 2.45) is 0 Å². The van der Waals surface area contributed by atoms with Crippen LogP contribution in [-0.4, -0.2) is 0 Å². The predicted octanol–water partition coefficient (Wildman–Crippen LogP) is 5.44. The molecular formula is C20H11. The van der Waals surface area contributed by atoms with E-state index in [1.807, 2.05) is 6.07 Å². The van der Waals surface area contributed by atoms with E-state index in [4.69, 9.17) is 0 Å². The molecule has 0 aliphatic heterocycles. The standard InChI is InChI=1S/C20H11/c1-2-6-15-12-19-17-10-4-8-13-7-3-9-16(20(13)17)18(19)11-14(15)5-1/h1-9,11-12H. The lowest BCUT2D eigenvalue weighted by atomic mass is 9.99. The first kappa shape index (κ1) is 10.2. The molecule has 20 heavy (non-hydrogen) atoms. The van der Waals surface area contributed by atoms with Crippen LogP contribution in [0, 0.1) is 6.07 Å². The topological polar surface area (TPSA) is 0 Å². The maximum absolute atomic E-state index is 3.43. The molecule has 1 aliphatic carbocycles. The zero-order valence-corrected chi connectivity index (χ0v) is 10.9. The van der Waals surface area contributed by atoms with Crippen LogP contribution in [-0.2, 0) is 0 Å². The minimum Gasteiger partial charge on any atom is -0.0616 e. The third kappa shape index (κ3) is 1.16. The van der Waals surface area contributed by atoms with Gasteiger partial charge in [-0.3, -0.25) is 0 Å². The molecule has 0 fully saturated rings. The van der Waals surface area contributed by atoms with Crippen LogP contribution in [0.25, 0.3) is 43.8 Å². The van der Waals surface area contributed by atoms with Gasteiger partial charge in [0.05, 0.1) is 0 Å². The van der Waals surface area contributed by atoms with E-state index < -0.39 is 0 Å². The first-order valence-corrected chi connectivity index (χ1v) is 6.89. The van der Waals surface area contributed by atoms with Crippen LogP contribution >= 0.6 is 0 Å². The van der Waals surface area contributed by atoms with Crippen LogP contribution in [0.2, 0.25) is 0 Å². The molecule has 0 heterocycles. The van der Waals surface area contributed by atoms with E-state index in [0.29, 0.717) is 0 Å². The molecule has 4 aromatic carbocycles. The smallest absolute Gasteiger partial charge is 0.00139 e. The zero-order valence-electron chi connectivity index (χ0n) is 10.9. The molecule has 4 aromatic rings. The molecule has 0 bridgehead atoms. The Morgan fingerprint density at radius 1 is 0.600 bits per heavy atom. The Balaban J connectivity index is 2.02. The number of rotatable bonds is 0. The van der Waals surface area contributed by atoms with Crippen molar-refractivity contribution in [1.82, 2.24) is 0 Å². The summed E-state index contributed by atoms with van der Waals surface area (Å²) < 4.78 is 0. The summed E-state index contributed by atoms with van der Waals surface area (Å²) >= 11 is 0. The number of hydrogen-bond acceptors (Lipinski definition) is 0. The van der Waals surface area contributed by atoms with Gasteiger partial charge in [-0.05, 0) is 62.0 Å². The number of benzene rings is 4. The fourth-order valence-electron chi connectivity index (χ4n) is 3.38. The molecule has 91 valence electrons. The molecule has 5 rings (SSSR count). The Labute approximate surface area is 117 Å². The van der Waals surface area contributed by atoms with Gasteiger partial charge in [0.15, 0.2) is 0 Å². The van der Waals surface area contributed by atoms with Crippen LogP contribution in [0.1, 0.15) is 0 Å². The van der Waals surface area contributed by atoms with Crippen molar-refractivity contribution >= 4 is 21.5 Å². The van der Waals surface area contributed by atoms with E-state index >= 15 is 0 Å². The highest BCUT2D eigenvalue weighted by Gasteiger charge is 2.21. The minimum atomic E-state index is 1.25. The van der Waals surface area contributed by atoms with Gasteiger partial charge < -0.3 is 0 Å².